The van der Waals surface area contributed by atoms with Gasteiger partial charge >= 0.3 is 0 Å². The highest BCUT2D eigenvalue weighted by Crippen LogP contribution is 2.36. The molecule has 0 spiro atoms. The number of benzene rings is 1. The molecule has 0 bridgehead atoms. The van der Waals surface area contributed by atoms with Crippen LogP contribution in [0.15, 0.2) is 36.5 Å². The third-order valence-corrected chi connectivity index (χ3v) is 5.24. The standard InChI is InChI=1S/C19H23N3O2/c23-19(12-14-8-11-24-18-6-2-1-5-16(14)18)22-10-3-4-15(13-22)17-7-9-20-21-17/h1-2,5-7,9,14-15H,3-4,8,10-13H2,(H,20,21)/t14-,15-/m0/s1. The van der Waals surface area contributed by atoms with E-state index in [4.69, 9.17) is 4.74 Å². The number of rotatable bonds is 3. The van der Waals surface area contributed by atoms with Gasteiger partial charge in [-0.15, -0.1) is 0 Å². The molecule has 0 aliphatic carbocycles. The molecule has 2 atom stereocenters. The van der Waals surface area contributed by atoms with Crippen molar-refractivity contribution in [2.45, 2.75) is 37.5 Å². The van der Waals surface area contributed by atoms with Crippen molar-refractivity contribution in [3.63, 3.8) is 0 Å². The van der Waals surface area contributed by atoms with E-state index in [2.05, 4.69) is 16.3 Å². The predicted molar refractivity (Wildman–Crippen MR) is 91.1 cm³/mol. The Morgan fingerprint density at radius 2 is 2.21 bits per heavy atom. The summed E-state index contributed by atoms with van der Waals surface area (Å²) in [6, 6.07) is 10.1. The highest BCUT2D eigenvalue weighted by atomic mass is 16.5. The largest absolute Gasteiger partial charge is 0.493 e. The Balaban J connectivity index is 1.43. The Hall–Kier alpha value is -2.30. The number of H-pyrrole nitrogens is 1. The quantitative estimate of drug-likeness (QED) is 0.943. The SMILES string of the molecule is O=C(C[C@@H]1CCOc2ccccc21)N1CCC[C@H](c2ccn[nH]2)C1. The molecule has 1 N–H and O–H groups in total. The molecule has 2 aliphatic rings. The fourth-order valence-corrected chi connectivity index (χ4v) is 3.92. The molecule has 24 heavy (non-hydrogen) atoms. The van der Waals surface area contributed by atoms with Crippen LogP contribution in [0.3, 0.4) is 0 Å². The zero-order valence-corrected chi connectivity index (χ0v) is 13.8. The van der Waals surface area contributed by atoms with Crippen LogP contribution >= 0.6 is 0 Å². The first-order chi connectivity index (χ1) is 11.8. The van der Waals surface area contributed by atoms with Gasteiger partial charge in [-0.25, -0.2) is 0 Å². The van der Waals surface area contributed by atoms with Gasteiger partial charge in [0.25, 0.3) is 0 Å². The molecule has 1 fully saturated rings. The summed E-state index contributed by atoms with van der Waals surface area (Å²) in [5, 5.41) is 7.10. The Labute approximate surface area is 142 Å². The molecule has 5 nitrogen and oxygen atoms in total. The number of amides is 1. The first kappa shape index (κ1) is 15.2. The van der Waals surface area contributed by atoms with E-state index in [0.29, 0.717) is 18.9 Å². The molecule has 0 radical (unpaired) electrons. The lowest BCUT2D eigenvalue weighted by Gasteiger charge is -2.34. The van der Waals surface area contributed by atoms with Crippen molar-refractivity contribution in [1.29, 1.82) is 0 Å². The first-order valence-electron chi connectivity index (χ1n) is 8.80. The lowest BCUT2D eigenvalue weighted by atomic mass is 9.89. The van der Waals surface area contributed by atoms with Gasteiger partial charge < -0.3 is 9.64 Å². The molecule has 1 amide bonds. The molecule has 0 unspecified atom stereocenters. The van der Waals surface area contributed by atoms with E-state index in [1.165, 1.54) is 5.56 Å². The van der Waals surface area contributed by atoms with Gasteiger partial charge in [0.2, 0.25) is 5.91 Å². The van der Waals surface area contributed by atoms with Crippen LogP contribution in [0.5, 0.6) is 5.75 Å². The zero-order valence-electron chi connectivity index (χ0n) is 13.8. The highest BCUT2D eigenvalue weighted by molar-refractivity contribution is 5.77. The van der Waals surface area contributed by atoms with Gasteiger partial charge in [-0.05, 0) is 42.9 Å². The molecule has 1 aromatic carbocycles. The number of hydrogen-bond donors (Lipinski definition) is 1. The van der Waals surface area contributed by atoms with E-state index in [0.717, 1.165) is 43.8 Å². The van der Waals surface area contributed by atoms with Gasteiger partial charge in [-0.2, -0.15) is 5.10 Å². The lowest BCUT2D eigenvalue weighted by molar-refractivity contribution is -0.133. The van der Waals surface area contributed by atoms with Gasteiger partial charge in [0.1, 0.15) is 5.75 Å². The first-order valence-corrected chi connectivity index (χ1v) is 8.80. The fraction of sp³-hybridized carbons (Fsp3) is 0.474. The van der Waals surface area contributed by atoms with E-state index in [1.807, 2.05) is 29.2 Å². The third-order valence-electron chi connectivity index (χ3n) is 5.24. The normalized spacial score (nSPS) is 23.4. The topological polar surface area (TPSA) is 58.2 Å². The minimum absolute atomic E-state index is 0.265. The second kappa shape index (κ2) is 6.67. The van der Waals surface area contributed by atoms with E-state index in [-0.39, 0.29) is 11.8 Å². The van der Waals surface area contributed by atoms with Crippen molar-refractivity contribution in [2.24, 2.45) is 0 Å². The molecule has 2 aliphatic heterocycles. The number of nitrogens with one attached hydrogen (secondary N) is 1. The van der Waals surface area contributed by atoms with Crippen LogP contribution in [0.2, 0.25) is 0 Å². The number of aromatic nitrogens is 2. The van der Waals surface area contributed by atoms with Gasteiger partial charge in [0, 0.05) is 37.3 Å². The summed E-state index contributed by atoms with van der Waals surface area (Å²) in [5.74, 6) is 1.86. The number of aromatic amines is 1. The summed E-state index contributed by atoms with van der Waals surface area (Å²) < 4.78 is 5.71. The lowest BCUT2D eigenvalue weighted by Crippen LogP contribution is -2.40. The van der Waals surface area contributed by atoms with Gasteiger partial charge in [0.15, 0.2) is 0 Å². The Kier molecular flexibility index (Phi) is 4.24. The minimum Gasteiger partial charge on any atom is -0.493 e. The maximum Gasteiger partial charge on any atom is 0.223 e. The minimum atomic E-state index is 0.265. The van der Waals surface area contributed by atoms with Crippen molar-refractivity contribution in [3.05, 3.63) is 47.8 Å². The molecule has 2 aromatic rings. The molecule has 1 aromatic heterocycles. The molecule has 126 valence electrons. The Bertz CT molecular complexity index is 698. The van der Waals surface area contributed by atoms with Crippen LogP contribution in [0.4, 0.5) is 0 Å². The fourth-order valence-electron chi connectivity index (χ4n) is 3.92. The van der Waals surface area contributed by atoms with Crippen LogP contribution in [-0.4, -0.2) is 40.7 Å². The molecule has 4 rings (SSSR count). The number of carbonyl (C=O) groups is 1. The smallest absolute Gasteiger partial charge is 0.223 e. The van der Waals surface area contributed by atoms with Gasteiger partial charge in [0.05, 0.1) is 6.61 Å². The average Bonchev–Trinajstić information content (AvgIpc) is 3.17. The van der Waals surface area contributed by atoms with Gasteiger partial charge in [-0.3, -0.25) is 9.89 Å². The summed E-state index contributed by atoms with van der Waals surface area (Å²) in [6.45, 7) is 2.37. The van der Waals surface area contributed by atoms with Crippen molar-refractivity contribution in [3.8, 4) is 5.75 Å². The molecular weight excluding hydrogens is 302 g/mol. The molecular formula is C19H23N3O2. The maximum atomic E-state index is 12.9. The van der Waals surface area contributed by atoms with E-state index >= 15 is 0 Å². The van der Waals surface area contributed by atoms with Crippen molar-refractivity contribution in [2.75, 3.05) is 19.7 Å². The van der Waals surface area contributed by atoms with Crippen LogP contribution in [0, 0.1) is 0 Å². The summed E-state index contributed by atoms with van der Waals surface area (Å²) >= 11 is 0. The summed E-state index contributed by atoms with van der Waals surface area (Å²) in [4.78, 5) is 14.9. The van der Waals surface area contributed by atoms with Crippen LogP contribution in [-0.2, 0) is 4.79 Å². The van der Waals surface area contributed by atoms with Crippen LogP contribution in [0.1, 0.15) is 48.8 Å². The zero-order chi connectivity index (χ0) is 16.4. The molecule has 0 saturated carbocycles. The number of ether oxygens (including phenoxy) is 1. The highest BCUT2D eigenvalue weighted by Gasteiger charge is 2.29. The summed E-state index contributed by atoms with van der Waals surface area (Å²) in [7, 11) is 0. The number of carbonyl (C=O) groups excluding carboxylic acids is 1. The number of likely N-dealkylation sites (tertiary alicyclic amines) is 1. The summed E-state index contributed by atoms with van der Waals surface area (Å²) in [6.07, 6.45) is 5.46. The molecule has 3 heterocycles. The Morgan fingerprint density at radius 3 is 3.08 bits per heavy atom. The predicted octanol–water partition coefficient (Wildman–Crippen LogP) is 3.07. The maximum absolute atomic E-state index is 12.9. The van der Waals surface area contributed by atoms with E-state index < -0.39 is 0 Å². The molecule has 5 heteroatoms. The Morgan fingerprint density at radius 1 is 1.29 bits per heavy atom. The second-order valence-corrected chi connectivity index (χ2v) is 6.77. The van der Waals surface area contributed by atoms with Gasteiger partial charge in [-0.1, -0.05) is 18.2 Å². The monoisotopic (exact) mass is 325 g/mol. The molecule has 1 saturated heterocycles. The number of hydrogen-bond acceptors (Lipinski definition) is 3. The van der Waals surface area contributed by atoms with Crippen LogP contribution < -0.4 is 4.74 Å². The van der Waals surface area contributed by atoms with E-state index in [9.17, 15) is 4.79 Å². The summed E-state index contributed by atoms with van der Waals surface area (Å²) in [5.41, 5.74) is 2.32. The van der Waals surface area contributed by atoms with Crippen molar-refractivity contribution >= 4 is 5.91 Å². The number of para-hydroxylation sites is 1. The number of nitrogens with zero attached hydrogens (tertiary/aromatic N) is 2. The van der Waals surface area contributed by atoms with E-state index in [1.54, 1.807) is 6.20 Å². The number of fused-ring (bicyclic) bond motifs is 1. The van der Waals surface area contributed by atoms with Crippen molar-refractivity contribution < 1.29 is 9.53 Å². The van der Waals surface area contributed by atoms with Crippen LogP contribution in [0.25, 0.3) is 0 Å². The average molecular weight is 325 g/mol. The number of piperidine rings is 1. The second-order valence-electron chi connectivity index (χ2n) is 6.77. The van der Waals surface area contributed by atoms with Crippen molar-refractivity contribution in [1.82, 2.24) is 15.1 Å². The third kappa shape index (κ3) is 3.03.